The van der Waals surface area contributed by atoms with E-state index in [-0.39, 0.29) is 5.82 Å². The number of hydrogen-bond donors (Lipinski definition) is 1. The molecule has 0 bridgehead atoms. The summed E-state index contributed by atoms with van der Waals surface area (Å²) < 4.78 is 12.6. The summed E-state index contributed by atoms with van der Waals surface area (Å²) in [5, 5.41) is 3.15. The predicted octanol–water partition coefficient (Wildman–Crippen LogP) is 3.04. The topological polar surface area (TPSA) is 12.0 Å². The molecule has 1 N–H and O–H groups in total. The van der Waals surface area contributed by atoms with Crippen molar-refractivity contribution < 1.29 is 4.39 Å². The standard InChI is InChI=1S/C10H14FN/c1-2-3-7-12-10-6-4-5-9(11)8-10/h4-6,8,12H,2-3,7H2,1H3. The highest BCUT2D eigenvalue weighted by Gasteiger charge is 1.92. The SMILES string of the molecule is CCCCNc1cccc(F)c1. The summed E-state index contributed by atoms with van der Waals surface area (Å²) in [6.07, 6.45) is 2.28. The Morgan fingerprint density at radius 1 is 1.42 bits per heavy atom. The van der Waals surface area contributed by atoms with Crippen molar-refractivity contribution in [2.75, 3.05) is 11.9 Å². The molecule has 66 valence electrons. The monoisotopic (exact) mass is 167 g/mol. The van der Waals surface area contributed by atoms with Crippen LogP contribution in [0.15, 0.2) is 24.3 Å². The summed E-state index contributed by atoms with van der Waals surface area (Å²) in [5.41, 5.74) is 0.864. The first kappa shape index (κ1) is 9.04. The smallest absolute Gasteiger partial charge is 0.125 e. The largest absolute Gasteiger partial charge is 0.385 e. The van der Waals surface area contributed by atoms with E-state index in [9.17, 15) is 4.39 Å². The van der Waals surface area contributed by atoms with Gasteiger partial charge in [0.25, 0.3) is 0 Å². The van der Waals surface area contributed by atoms with Crippen LogP contribution in [-0.2, 0) is 0 Å². The maximum Gasteiger partial charge on any atom is 0.125 e. The van der Waals surface area contributed by atoms with E-state index < -0.39 is 0 Å². The molecule has 1 aromatic rings. The van der Waals surface area contributed by atoms with Gasteiger partial charge in [0.2, 0.25) is 0 Å². The maximum absolute atomic E-state index is 12.6. The molecular weight excluding hydrogens is 153 g/mol. The molecule has 0 saturated carbocycles. The molecular formula is C10H14FN. The van der Waals surface area contributed by atoms with E-state index in [0.717, 1.165) is 25.1 Å². The summed E-state index contributed by atoms with van der Waals surface area (Å²) in [6.45, 7) is 3.05. The third-order valence-electron chi connectivity index (χ3n) is 1.68. The van der Waals surface area contributed by atoms with Gasteiger partial charge in [0.05, 0.1) is 0 Å². The molecule has 0 aromatic heterocycles. The molecule has 0 unspecified atom stereocenters. The minimum atomic E-state index is -0.184. The van der Waals surface area contributed by atoms with Crippen LogP contribution in [0.1, 0.15) is 19.8 Å². The van der Waals surface area contributed by atoms with Gasteiger partial charge >= 0.3 is 0 Å². The average molecular weight is 167 g/mol. The summed E-state index contributed by atoms with van der Waals surface area (Å²) in [6, 6.07) is 6.54. The Balaban J connectivity index is 2.41. The van der Waals surface area contributed by atoms with Gasteiger partial charge in [-0.1, -0.05) is 19.4 Å². The Bertz CT molecular complexity index is 235. The van der Waals surface area contributed by atoms with Gasteiger partial charge in [0.1, 0.15) is 5.82 Å². The van der Waals surface area contributed by atoms with Crippen LogP contribution in [0.2, 0.25) is 0 Å². The Hall–Kier alpha value is -1.05. The first-order valence-corrected chi connectivity index (χ1v) is 4.32. The van der Waals surface area contributed by atoms with Gasteiger partial charge in [0, 0.05) is 12.2 Å². The first-order chi connectivity index (χ1) is 5.83. The van der Waals surface area contributed by atoms with E-state index in [2.05, 4.69) is 12.2 Å². The van der Waals surface area contributed by atoms with Crippen molar-refractivity contribution in [3.05, 3.63) is 30.1 Å². The lowest BCUT2D eigenvalue weighted by atomic mass is 10.3. The van der Waals surface area contributed by atoms with Crippen LogP contribution < -0.4 is 5.32 Å². The van der Waals surface area contributed by atoms with E-state index in [4.69, 9.17) is 0 Å². The van der Waals surface area contributed by atoms with Crippen molar-refractivity contribution in [1.29, 1.82) is 0 Å². The number of benzene rings is 1. The summed E-state index contributed by atoms with van der Waals surface area (Å²) in [5.74, 6) is -0.184. The van der Waals surface area contributed by atoms with Gasteiger partial charge in [-0.15, -0.1) is 0 Å². The fraction of sp³-hybridized carbons (Fsp3) is 0.400. The maximum atomic E-state index is 12.6. The summed E-state index contributed by atoms with van der Waals surface area (Å²) >= 11 is 0. The summed E-state index contributed by atoms with van der Waals surface area (Å²) in [4.78, 5) is 0. The molecule has 2 heteroatoms. The number of nitrogens with one attached hydrogen (secondary N) is 1. The zero-order chi connectivity index (χ0) is 8.81. The second-order valence-electron chi connectivity index (χ2n) is 2.79. The number of rotatable bonds is 4. The lowest BCUT2D eigenvalue weighted by Gasteiger charge is -2.04. The molecule has 0 aliphatic rings. The third-order valence-corrected chi connectivity index (χ3v) is 1.68. The van der Waals surface area contributed by atoms with Crippen LogP contribution in [0, 0.1) is 5.82 Å². The first-order valence-electron chi connectivity index (χ1n) is 4.32. The van der Waals surface area contributed by atoms with Crippen LogP contribution in [0.4, 0.5) is 10.1 Å². The second kappa shape index (κ2) is 4.75. The van der Waals surface area contributed by atoms with Crippen molar-refractivity contribution in [3.8, 4) is 0 Å². The van der Waals surface area contributed by atoms with Crippen LogP contribution in [-0.4, -0.2) is 6.54 Å². The van der Waals surface area contributed by atoms with Gasteiger partial charge < -0.3 is 5.32 Å². The highest BCUT2D eigenvalue weighted by atomic mass is 19.1. The van der Waals surface area contributed by atoms with E-state index in [1.165, 1.54) is 12.1 Å². The summed E-state index contributed by atoms with van der Waals surface area (Å²) in [7, 11) is 0. The third kappa shape index (κ3) is 2.91. The fourth-order valence-electron chi connectivity index (χ4n) is 1.01. The van der Waals surface area contributed by atoms with Crippen molar-refractivity contribution >= 4 is 5.69 Å². The Morgan fingerprint density at radius 3 is 2.92 bits per heavy atom. The van der Waals surface area contributed by atoms with Gasteiger partial charge in [-0.05, 0) is 24.6 Å². The zero-order valence-corrected chi connectivity index (χ0v) is 7.31. The minimum absolute atomic E-state index is 0.184. The van der Waals surface area contributed by atoms with Crippen molar-refractivity contribution in [2.45, 2.75) is 19.8 Å². The minimum Gasteiger partial charge on any atom is -0.385 e. The molecule has 0 aliphatic carbocycles. The molecule has 1 nitrogen and oxygen atoms in total. The van der Waals surface area contributed by atoms with E-state index in [1.807, 2.05) is 6.07 Å². The van der Waals surface area contributed by atoms with Crippen LogP contribution in [0.3, 0.4) is 0 Å². The molecule has 0 fully saturated rings. The van der Waals surface area contributed by atoms with E-state index in [1.54, 1.807) is 6.07 Å². The fourth-order valence-corrected chi connectivity index (χ4v) is 1.01. The van der Waals surface area contributed by atoms with Crippen LogP contribution in [0.5, 0.6) is 0 Å². The number of halogens is 1. The van der Waals surface area contributed by atoms with Crippen LogP contribution >= 0.6 is 0 Å². The molecule has 0 aliphatic heterocycles. The van der Waals surface area contributed by atoms with Crippen molar-refractivity contribution in [1.82, 2.24) is 0 Å². The highest BCUT2D eigenvalue weighted by Crippen LogP contribution is 2.08. The zero-order valence-electron chi connectivity index (χ0n) is 7.31. The van der Waals surface area contributed by atoms with Gasteiger partial charge in [-0.2, -0.15) is 0 Å². The Kier molecular flexibility index (Phi) is 3.58. The molecule has 0 atom stereocenters. The number of unbranched alkanes of at least 4 members (excludes halogenated alkanes) is 1. The van der Waals surface area contributed by atoms with Gasteiger partial charge in [0.15, 0.2) is 0 Å². The molecule has 1 rings (SSSR count). The molecule has 0 spiro atoms. The lowest BCUT2D eigenvalue weighted by molar-refractivity contribution is 0.628. The molecule has 12 heavy (non-hydrogen) atoms. The van der Waals surface area contributed by atoms with Crippen LogP contribution in [0.25, 0.3) is 0 Å². The van der Waals surface area contributed by atoms with Gasteiger partial charge in [-0.25, -0.2) is 4.39 Å². The molecule has 0 amide bonds. The van der Waals surface area contributed by atoms with Gasteiger partial charge in [-0.3, -0.25) is 0 Å². The molecule has 1 aromatic carbocycles. The van der Waals surface area contributed by atoms with Crippen molar-refractivity contribution in [3.63, 3.8) is 0 Å². The molecule has 0 heterocycles. The molecule has 0 radical (unpaired) electrons. The normalized spacial score (nSPS) is 9.83. The quantitative estimate of drug-likeness (QED) is 0.679. The average Bonchev–Trinajstić information content (AvgIpc) is 2.05. The second-order valence-corrected chi connectivity index (χ2v) is 2.79. The molecule has 0 saturated heterocycles. The Labute approximate surface area is 72.6 Å². The highest BCUT2D eigenvalue weighted by molar-refractivity contribution is 5.42. The van der Waals surface area contributed by atoms with Crippen molar-refractivity contribution in [2.24, 2.45) is 0 Å². The number of anilines is 1. The Morgan fingerprint density at radius 2 is 2.25 bits per heavy atom. The van der Waals surface area contributed by atoms with E-state index >= 15 is 0 Å². The number of hydrogen-bond acceptors (Lipinski definition) is 1. The van der Waals surface area contributed by atoms with E-state index in [0.29, 0.717) is 0 Å². The lowest BCUT2D eigenvalue weighted by Crippen LogP contribution is -2.00. The predicted molar refractivity (Wildman–Crippen MR) is 49.8 cm³/mol.